The van der Waals surface area contributed by atoms with Crippen LogP contribution in [0.15, 0.2) is 65.8 Å². The molecule has 0 aliphatic rings. The van der Waals surface area contributed by atoms with Crippen LogP contribution < -0.4 is 29.6 Å². The van der Waals surface area contributed by atoms with E-state index in [0.29, 0.717) is 10.7 Å². The molecule has 0 fully saturated rings. The fourth-order valence-electron chi connectivity index (χ4n) is 3.15. The van der Waals surface area contributed by atoms with Crippen LogP contribution in [-0.4, -0.2) is 25.4 Å². The minimum absolute atomic E-state index is 0. The molecule has 0 saturated carbocycles. The fourth-order valence-corrected chi connectivity index (χ4v) is 4.13. The van der Waals surface area contributed by atoms with E-state index in [-0.39, 0.29) is 31.0 Å². The van der Waals surface area contributed by atoms with Crippen molar-refractivity contribution < 1.29 is 40.9 Å². The third-order valence-electron chi connectivity index (χ3n) is 4.65. The van der Waals surface area contributed by atoms with Crippen molar-refractivity contribution in [3.05, 3.63) is 66.2 Å². The first-order valence-electron chi connectivity index (χ1n) is 8.74. The molecule has 0 unspecified atom stereocenters. The molecular formula is C22H18N3NaO2S. The van der Waals surface area contributed by atoms with Gasteiger partial charge in [0.25, 0.3) is 0 Å². The minimum atomic E-state index is -1.04. The standard InChI is InChI=1S/C22H17N3O2S.Na.H/c1-22(2,20(26)27)28-21-24-17-9-5-6-10-19(17)25(21)18-12-11-14(13-23)15-7-3-4-8-16(15)18;;/h3-12H,1-2H3,(H,26,27);;/q;+1;-1. The van der Waals surface area contributed by atoms with Crippen molar-refractivity contribution in [3.63, 3.8) is 0 Å². The zero-order chi connectivity index (χ0) is 19.9. The predicted molar refractivity (Wildman–Crippen MR) is 112 cm³/mol. The molecule has 4 rings (SSSR count). The van der Waals surface area contributed by atoms with Crippen molar-refractivity contribution in [2.24, 2.45) is 0 Å². The van der Waals surface area contributed by atoms with Crippen LogP contribution in [-0.2, 0) is 4.79 Å². The molecule has 0 bridgehead atoms. The molecule has 0 radical (unpaired) electrons. The number of aliphatic carboxylic acids is 1. The molecule has 0 atom stereocenters. The molecule has 140 valence electrons. The van der Waals surface area contributed by atoms with Gasteiger partial charge < -0.3 is 6.53 Å². The maximum Gasteiger partial charge on any atom is 1.00 e. The first-order chi connectivity index (χ1) is 13.4. The van der Waals surface area contributed by atoms with E-state index >= 15 is 0 Å². The van der Waals surface area contributed by atoms with Gasteiger partial charge in [0, 0.05) is 10.8 Å². The SMILES string of the molecule is CC(C)(Sc1nc2ccccc2n1-c1ccc(C#N)c2ccccc12)C(=O)O.[H-].[Na+]. The van der Waals surface area contributed by atoms with Crippen LogP contribution in [0.3, 0.4) is 0 Å². The second kappa shape index (κ2) is 8.21. The number of hydrogen-bond acceptors (Lipinski definition) is 4. The summed E-state index contributed by atoms with van der Waals surface area (Å²) in [6, 6.07) is 21.4. The number of fused-ring (bicyclic) bond motifs is 2. The van der Waals surface area contributed by atoms with E-state index in [4.69, 9.17) is 4.98 Å². The Labute approximate surface area is 196 Å². The molecule has 1 heterocycles. The van der Waals surface area contributed by atoms with Gasteiger partial charge in [0.2, 0.25) is 0 Å². The van der Waals surface area contributed by atoms with Gasteiger partial charge in [-0.25, -0.2) is 4.98 Å². The summed E-state index contributed by atoms with van der Waals surface area (Å²) >= 11 is 1.21. The number of carboxylic acid groups (broad SMARTS) is 1. The summed E-state index contributed by atoms with van der Waals surface area (Å²) < 4.78 is 0.940. The van der Waals surface area contributed by atoms with Gasteiger partial charge in [-0.2, -0.15) is 5.26 Å². The molecule has 5 nitrogen and oxygen atoms in total. The number of carboxylic acids is 1. The Bertz CT molecular complexity index is 1280. The molecule has 0 saturated heterocycles. The molecule has 0 aliphatic heterocycles. The molecule has 29 heavy (non-hydrogen) atoms. The van der Waals surface area contributed by atoms with Gasteiger partial charge in [-0.3, -0.25) is 9.36 Å². The number of thioether (sulfide) groups is 1. The van der Waals surface area contributed by atoms with Gasteiger partial charge in [-0.15, -0.1) is 0 Å². The van der Waals surface area contributed by atoms with Gasteiger partial charge in [-0.05, 0) is 38.1 Å². The van der Waals surface area contributed by atoms with Crippen LogP contribution in [0.5, 0.6) is 0 Å². The predicted octanol–water partition coefficient (Wildman–Crippen LogP) is 2.12. The third-order valence-corrected chi connectivity index (χ3v) is 5.80. The first-order valence-corrected chi connectivity index (χ1v) is 9.56. The molecule has 7 heteroatoms. The number of rotatable bonds is 4. The molecule has 1 aromatic heterocycles. The quantitative estimate of drug-likeness (QED) is 0.411. The normalized spacial score (nSPS) is 11.2. The summed E-state index contributed by atoms with van der Waals surface area (Å²) in [6.07, 6.45) is 0. The van der Waals surface area contributed by atoms with Crippen molar-refractivity contribution >= 4 is 39.5 Å². The van der Waals surface area contributed by atoms with Crippen LogP contribution in [0.25, 0.3) is 27.5 Å². The second-order valence-electron chi connectivity index (χ2n) is 6.93. The zero-order valence-electron chi connectivity index (χ0n) is 17.4. The van der Waals surface area contributed by atoms with Crippen molar-refractivity contribution in [2.75, 3.05) is 0 Å². The van der Waals surface area contributed by atoms with E-state index in [9.17, 15) is 15.2 Å². The summed E-state index contributed by atoms with van der Waals surface area (Å²) in [5, 5.41) is 21.4. The summed E-state index contributed by atoms with van der Waals surface area (Å²) in [4.78, 5) is 16.4. The summed E-state index contributed by atoms with van der Waals surface area (Å²) in [7, 11) is 0. The monoisotopic (exact) mass is 411 g/mol. The van der Waals surface area contributed by atoms with Crippen molar-refractivity contribution in [1.29, 1.82) is 5.26 Å². The Morgan fingerprint density at radius 3 is 2.45 bits per heavy atom. The average Bonchev–Trinajstić information content (AvgIpc) is 3.04. The topological polar surface area (TPSA) is 78.9 Å². The molecular weight excluding hydrogens is 393 g/mol. The number of para-hydroxylation sites is 2. The van der Waals surface area contributed by atoms with E-state index in [0.717, 1.165) is 27.5 Å². The number of imidazole rings is 1. The Kier molecular flexibility index (Phi) is 6.06. The van der Waals surface area contributed by atoms with Crippen molar-refractivity contribution in [1.82, 2.24) is 9.55 Å². The van der Waals surface area contributed by atoms with Gasteiger partial charge in [0.1, 0.15) is 4.75 Å². The van der Waals surface area contributed by atoms with Crippen molar-refractivity contribution in [3.8, 4) is 11.8 Å². The number of benzene rings is 3. The average molecular weight is 411 g/mol. The van der Waals surface area contributed by atoms with Gasteiger partial charge in [0.15, 0.2) is 5.16 Å². The molecule has 4 aromatic rings. The smallest absolute Gasteiger partial charge is 1.00 e. The molecule has 0 spiro atoms. The minimum Gasteiger partial charge on any atom is -1.00 e. The number of nitrogens with zero attached hydrogens (tertiary/aromatic N) is 3. The second-order valence-corrected chi connectivity index (χ2v) is 8.52. The van der Waals surface area contributed by atoms with Crippen LogP contribution in [0, 0.1) is 11.3 Å². The zero-order valence-corrected chi connectivity index (χ0v) is 19.2. The van der Waals surface area contributed by atoms with Crippen molar-refractivity contribution in [2.45, 2.75) is 23.8 Å². The van der Waals surface area contributed by atoms with Gasteiger partial charge in [-0.1, -0.05) is 48.2 Å². The number of carbonyl (C=O) groups is 1. The summed E-state index contributed by atoms with van der Waals surface area (Å²) in [6.45, 7) is 3.33. The maximum atomic E-state index is 11.7. The Hall–Kier alpha value is -2.30. The van der Waals surface area contributed by atoms with Gasteiger partial charge in [0.05, 0.1) is 28.4 Å². The van der Waals surface area contributed by atoms with E-state index in [2.05, 4.69) is 6.07 Å². The molecule has 0 aliphatic carbocycles. The van der Waals surface area contributed by atoms with E-state index in [1.54, 1.807) is 19.9 Å². The summed E-state index contributed by atoms with van der Waals surface area (Å²) in [5.74, 6) is -0.902. The van der Waals surface area contributed by atoms with E-state index in [1.165, 1.54) is 11.8 Å². The van der Waals surface area contributed by atoms with E-state index < -0.39 is 10.7 Å². The molecule has 3 aromatic carbocycles. The van der Waals surface area contributed by atoms with E-state index in [1.807, 2.05) is 59.2 Å². The number of hydrogen-bond donors (Lipinski definition) is 1. The summed E-state index contributed by atoms with van der Waals surface area (Å²) in [5.41, 5.74) is 3.15. The Morgan fingerprint density at radius 1 is 1.10 bits per heavy atom. The molecule has 0 amide bonds. The van der Waals surface area contributed by atoms with Crippen LogP contribution >= 0.6 is 11.8 Å². The maximum absolute atomic E-state index is 11.7. The van der Waals surface area contributed by atoms with Crippen LogP contribution in [0.2, 0.25) is 0 Å². The molecule has 1 N–H and O–H groups in total. The van der Waals surface area contributed by atoms with Crippen LogP contribution in [0.1, 0.15) is 20.8 Å². The largest absolute Gasteiger partial charge is 1.00 e. The Balaban J connectivity index is 0.00000160. The number of nitriles is 1. The number of aromatic nitrogens is 2. The fraction of sp³-hybridized carbons (Fsp3) is 0.136. The van der Waals surface area contributed by atoms with Gasteiger partial charge >= 0.3 is 35.5 Å². The Morgan fingerprint density at radius 2 is 1.76 bits per heavy atom. The third kappa shape index (κ3) is 3.79. The first kappa shape index (κ1) is 21.4. The van der Waals surface area contributed by atoms with Crippen LogP contribution in [0.4, 0.5) is 0 Å².